The largest absolute Gasteiger partial charge is 0.384 e. The number of thiophene rings is 1. The Balaban J connectivity index is 1.96. The fraction of sp³-hybridized carbons (Fsp3) is 0.238. The van der Waals surface area contributed by atoms with Gasteiger partial charge in [0.05, 0.1) is 17.6 Å². The highest BCUT2D eigenvalue weighted by molar-refractivity contribution is 7.10. The lowest BCUT2D eigenvalue weighted by atomic mass is 9.78. The van der Waals surface area contributed by atoms with Gasteiger partial charge in [0.25, 0.3) is 0 Å². The number of rotatable bonds is 2. The van der Waals surface area contributed by atoms with Crippen molar-refractivity contribution in [3.8, 4) is 6.07 Å². The molecule has 1 aliphatic heterocycles. The van der Waals surface area contributed by atoms with Crippen molar-refractivity contribution in [1.29, 1.82) is 5.26 Å². The van der Waals surface area contributed by atoms with Crippen LogP contribution in [0, 0.1) is 18.3 Å². The number of ketones is 1. The lowest BCUT2D eigenvalue weighted by molar-refractivity contribution is -0.116. The summed E-state index contributed by atoms with van der Waals surface area (Å²) in [6, 6.07) is 14.2. The van der Waals surface area contributed by atoms with Gasteiger partial charge in [-0.2, -0.15) is 5.26 Å². The molecular weight excluding hydrogens is 342 g/mol. The predicted molar refractivity (Wildman–Crippen MR) is 103 cm³/mol. The molecule has 4 nitrogen and oxygen atoms in total. The molecule has 2 heterocycles. The molecule has 0 saturated carbocycles. The number of nitrogens with two attached hydrogens (primary N) is 1. The molecule has 4 rings (SSSR count). The molecule has 26 heavy (non-hydrogen) atoms. The Bertz CT molecular complexity index is 962. The van der Waals surface area contributed by atoms with E-state index in [0.29, 0.717) is 17.8 Å². The molecule has 0 saturated heterocycles. The first-order valence-corrected chi connectivity index (χ1v) is 9.56. The van der Waals surface area contributed by atoms with Crippen molar-refractivity contribution in [2.75, 3.05) is 4.90 Å². The van der Waals surface area contributed by atoms with E-state index < -0.39 is 0 Å². The van der Waals surface area contributed by atoms with Crippen LogP contribution in [0.5, 0.6) is 0 Å². The van der Waals surface area contributed by atoms with Crippen LogP contribution in [0.3, 0.4) is 0 Å². The van der Waals surface area contributed by atoms with Crippen LogP contribution >= 0.6 is 11.3 Å². The minimum atomic E-state index is -0.343. The number of anilines is 1. The van der Waals surface area contributed by atoms with Gasteiger partial charge in [-0.05, 0) is 43.3 Å². The van der Waals surface area contributed by atoms with Crippen LogP contribution in [0.1, 0.15) is 35.6 Å². The number of carbonyl (C=O) groups is 1. The van der Waals surface area contributed by atoms with E-state index in [1.165, 1.54) is 0 Å². The standard InChI is InChI=1S/C21H19N3OS/c1-13-7-9-14(10-8-13)24-16-4-2-5-17(25)20(16)19(15(12-22)21(24)23)18-6-3-11-26-18/h3,6-11,19H,2,4-5,23H2,1H3/t19-/m1/s1. The maximum Gasteiger partial charge on any atom is 0.161 e. The molecule has 0 unspecified atom stereocenters. The summed E-state index contributed by atoms with van der Waals surface area (Å²) in [4.78, 5) is 15.8. The Morgan fingerprint density at radius 3 is 2.65 bits per heavy atom. The van der Waals surface area contributed by atoms with Gasteiger partial charge in [0.15, 0.2) is 5.78 Å². The van der Waals surface area contributed by atoms with Crippen LogP contribution in [0.25, 0.3) is 0 Å². The van der Waals surface area contributed by atoms with E-state index in [0.717, 1.165) is 40.2 Å². The van der Waals surface area contributed by atoms with Gasteiger partial charge in [0.1, 0.15) is 5.82 Å². The summed E-state index contributed by atoms with van der Waals surface area (Å²) < 4.78 is 0. The maximum absolute atomic E-state index is 12.9. The third-order valence-corrected chi connectivity index (χ3v) is 5.97. The van der Waals surface area contributed by atoms with Gasteiger partial charge in [0, 0.05) is 28.3 Å². The first-order valence-electron chi connectivity index (χ1n) is 8.68. The number of nitrogens with zero attached hydrogens (tertiary/aromatic N) is 2. The van der Waals surface area contributed by atoms with Gasteiger partial charge in [-0.1, -0.05) is 23.8 Å². The highest BCUT2D eigenvalue weighted by Crippen LogP contribution is 2.47. The minimum Gasteiger partial charge on any atom is -0.384 e. The zero-order valence-corrected chi connectivity index (χ0v) is 15.3. The highest BCUT2D eigenvalue weighted by atomic mass is 32.1. The summed E-state index contributed by atoms with van der Waals surface area (Å²) >= 11 is 1.56. The normalized spacial score (nSPS) is 20.2. The third kappa shape index (κ3) is 2.54. The van der Waals surface area contributed by atoms with Gasteiger partial charge in [-0.15, -0.1) is 11.3 Å². The molecular formula is C21H19N3OS. The zero-order valence-electron chi connectivity index (χ0n) is 14.5. The van der Waals surface area contributed by atoms with Crippen LogP contribution in [-0.4, -0.2) is 5.78 Å². The quantitative estimate of drug-likeness (QED) is 0.863. The second-order valence-electron chi connectivity index (χ2n) is 6.67. The fourth-order valence-corrected chi connectivity index (χ4v) is 4.66. The van der Waals surface area contributed by atoms with Crippen LogP contribution in [0.15, 0.2) is 64.4 Å². The van der Waals surface area contributed by atoms with Crippen molar-refractivity contribution in [1.82, 2.24) is 0 Å². The van der Waals surface area contributed by atoms with Crippen molar-refractivity contribution >= 4 is 22.8 Å². The van der Waals surface area contributed by atoms with Gasteiger partial charge < -0.3 is 5.73 Å². The van der Waals surface area contributed by atoms with E-state index in [9.17, 15) is 10.1 Å². The van der Waals surface area contributed by atoms with E-state index in [2.05, 4.69) is 6.07 Å². The molecule has 1 aromatic carbocycles. The van der Waals surface area contributed by atoms with Crippen molar-refractivity contribution in [3.05, 3.63) is 74.9 Å². The van der Waals surface area contributed by atoms with Gasteiger partial charge in [-0.25, -0.2) is 0 Å². The van der Waals surface area contributed by atoms with Crippen LogP contribution in [0.2, 0.25) is 0 Å². The summed E-state index contributed by atoms with van der Waals surface area (Å²) in [5.41, 5.74) is 10.7. The third-order valence-electron chi connectivity index (χ3n) is 5.03. The van der Waals surface area contributed by atoms with E-state index in [4.69, 9.17) is 5.73 Å². The molecule has 1 aromatic heterocycles. The molecule has 2 N–H and O–H groups in total. The lowest BCUT2D eigenvalue weighted by Crippen LogP contribution is -2.38. The molecule has 5 heteroatoms. The highest BCUT2D eigenvalue weighted by Gasteiger charge is 2.40. The number of Topliss-reactive ketones (excluding diaryl/α,β-unsaturated/α-hetero) is 1. The average molecular weight is 361 g/mol. The average Bonchev–Trinajstić information content (AvgIpc) is 3.16. The van der Waals surface area contributed by atoms with Crippen LogP contribution < -0.4 is 10.6 Å². The predicted octanol–water partition coefficient (Wildman–Crippen LogP) is 4.36. The smallest absolute Gasteiger partial charge is 0.161 e. The Morgan fingerprint density at radius 1 is 1.23 bits per heavy atom. The van der Waals surface area contributed by atoms with Gasteiger partial charge in [0.2, 0.25) is 0 Å². The minimum absolute atomic E-state index is 0.127. The monoisotopic (exact) mass is 361 g/mol. The summed E-state index contributed by atoms with van der Waals surface area (Å²) in [6.07, 6.45) is 2.13. The topological polar surface area (TPSA) is 70.1 Å². The maximum atomic E-state index is 12.9. The number of allylic oxidation sites excluding steroid dienone is 3. The zero-order chi connectivity index (χ0) is 18.3. The second-order valence-corrected chi connectivity index (χ2v) is 7.65. The molecule has 0 amide bonds. The molecule has 0 fully saturated rings. The fourth-order valence-electron chi connectivity index (χ4n) is 3.82. The molecule has 1 atom stereocenters. The number of hydrogen-bond donors (Lipinski definition) is 1. The van der Waals surface area contributed by atoms with Crippen LogP contribution in [-0.2, 0) is 4.79 Å². The van der Waals surface area contributed by atoms with Crippen molar-refractivity contribution < 1.29 is 4.79 Å². The number of carbonyl (C=O) groups excluding carboxylic acids is 1. The van der Waals surface area contributed by atoms with Crippen molar-refractivity contribution in [2.24, 2.45) is 5.73 Å². The number of hydrogen-bond acceptors (Lipinski definition) is 5. The number of nitriles is 1. The van der Waals surface area contributed by atoms with Crippen molar-refractivity contribution in [3.63, 3.8) is 0 Å². The number of aryl methyl sites for hydroxylation is 1. The summed E-state index contributed by atoms with van der Waals surface area (Å²) in [6.45, 7) is 2.03. The molecule has 2 aromatic rings. The molecule has 0 spiro atoms. The second kappa shape index (κ2) is 6.47. The summed E-state index contributed by atoms with van der Waals surface area (Å²) in [5, 5.41) is 11.8. The Hall–Kier alpha value is -2.84. The first kappa shape index (κ1) is 16.6. The Morgan fingerprint density at radius 2 is 2.00 bits per heavy atom. The SMILES string of the molecule is Cc1ccc(N2C(N)=C(C#N)[C@H](c3cccs3)C3=C2CCCC3=O)cc1. The molecule has 0 bridgehead atoms. The lowest BCUT2D eigenvalue weighted by Gasteiger charge is -2.39. The molecule has 1 aliphatic carbocycles. The number of benzene rings is 1. The van der Waals surface area contributed by atoms with E-state index in [1.807, 2.05) is 53.6 Å². The van der Waals surface area contributed by atoms with Crippen LogP contribution in [0.4, 0.5) is 5.69 Å². The molecule has 2 aliphatic rings. The summed E-state index contributed by atoms with van der Waals surface area (Å²) in [5.74, 6) is 0.217. The Kier molecular flexibility index (Phi) is 4.14. The molecule has 0 radical (unpaired) electrons. The summed E-state index contributed by atoms with van der Waals surface area (Å²) in [7, 11) is 0. The van der Waals surface area contributed by atoms with E-state index in [1.54, 1.807) is 11.3 Å². The van der Waals surface area contributed by atoms with E-state index in [-0.39, 0.29) is 11.7 Å². The Labute approximate surface area is 156 Å². The van der Waals surface area contributed by atoms with Crippen molar-refractivity contribution in [2.45, 2.75) is 32.1 Å². The molecule has 130 valence electrons. The van der Waals surface area contributed by atoms with Gasteiger partial charge in [-0.3, -0.25) is 9.69 Å². The van der Waals surface area contributed by atoms with Gasteiger partial charge >= 0.3 is 0 Å². The van der Waals surface area contributed by atoms with E-state index >= 15 is 0 Å². The first-order chi connectivity index (χ1) is 12.6.